The van der Waals surface area contributed by atoms with E-state index in [1.54, 1.807) is 0 Å². The largest absolute Gasteiger partial charge is 0.490 e. The molecule has 5 heteroatoms. The number of likely N-dealkylation sites (tertiary alicyclic amines) is 1. The second kappa shape index (κ2) is 8.68. The predicted molar refractivity (Wildman–Crippen MR) is 119 cm³/mol. The van der Waals surface area contributed by atoms with Gasteiger partial charge in [-0.25, -0.2) is 0 Å². The van der Waals surface area contributed by atoms with Gasteiger partial charge in [-0.05, 0) is 75.9 Å². The Morgan fingerprint density at radius 3 is 2.47 bits per heavy atom. The van der Waals surface area contributed by atoms with E-state index in [0.29, 0.717) is 13.2 Å². The second-order valence-corrected chi connectivity index (χ2v) is 8.59. The highest BCUT2D eigenvalue weighted by Crippen LogP contribution is 2.39. The van der Waals surface area contributed by atoms with Gasteiger partial charge in [-0.2, -0.15) is 0 Å². The smallest absolute Gasteiger partial charge is 0.241 e. The number of fused-ring (bicyclic) bond motifs is 1. The molecule has 160 valence electrons. The van der Waals surface area contributed by atoms with Crippen LogP contribution in [0.4, 0.5) is 5.69 Å². The fraction of sp³-hybridized carbons (Fsp3) is 0.480. The first kappa shape index (κ1) is 20.7. The van der Waals surface area contributed by atoms with Crippen molar-refractivity contribution in [2.45, 2.75) is 59.0 Å². The minimum Gasteiger partial charge on any atom is -0.490 e. The molecule has 2 aliphatic heterocycles. The van der Waals surface area contributed by atoms with Crippen LogP contribution < -0.4 is 14.8 Å². The molecule has 2 aromatic carbocycles. The average molecular weight is 409 g/mol. The lowest BCUT2D eigenvalue weighted by Crippen LogP contribution is -2.41. The third kappa shape index (κ3) is 4.17. The molecular formula is C25H32N2O3. The molecule has 2 heterocycles. The zero-order chi connectivity index (χ0) is 21.3. The van der Waals surface area contributed by atoms with Crippen LogP contribution in [-0.2, 0) is 4.79 Å². The van der Waals surface area contributed by atoms with Crippen LogP contribution in [0.3, 0.4) is 0 Å². The molecule has 1 N–H and O–H groups in total. The number of amides is 1. The van der Waals surface area contributed by atoms with Gasteiger partial charge in [0.05, 0.1) is 19.3 Å². The Kier molecular flexibility index (Phi) is 6.00. The summed E-state index contributed by atoms with van der Waals surface area (Å²) in [4.78, 5) is 15.5. The minimum absolute atomic E-state index is 0.0475. The van der Waals surface area contributed by atoms with E-state index in [-0.39, 0.29) is 18.0 Å². The first-order valence-electron chi connectivity index (χ1n) is 11.0. The number of nitrogens with one attached hydrogen (secondary N) is 1. The van der Waals surface area contributed by atoms with Gasteiger partial charge >= 0.3 is 0 Å². The van der Waals surface area contributed by atoms with Gasteiger partial charge in [0, 0.05) is 18.2 Å². The summed E-state index contributed by atoms with van der Waals surface area (Å²) in [6.07, 6.45) is 3.02. The molecule has 1 saturated heterocycles. The zero-order valence-corrected chi connectivity index (χ0v) is 18.5. The molecule has 0 unspecified atom stereocenters. The van der Waals surface area contributed by atoms with E-state index in [0.717, 1.165) is 54.1 Å². The number of ether oxygens (including phenoxy) is 2. The molecule has 1 fully saturated rings. The molecular weight excluding hydrogens is 376 g/mol. The van der Waals surface area contributed by atoms with Gasteiger partial charge in [-0.3, -0.25) is 9.69 Å². The number of hydrogen-bond acceptors (Lipinski definition) is 4. The van der Waals surface area contributed by atoms with Crippen LogP contribution in [0.1, 0.15) is 54.5 Å². The molecule has 0 aromatic heterocycles. The SMILES string of the molecule is Cc1cc(C)c(NC(=O)[C@@H](C)N2CCC[C@@H]2c2ccc3c(c2)OCCCO3)c(C)c1. The number of anilines is 1. The minimum atomic E-state index is -0.214. The van der Waals surface area contributed by atoms with Gasteiger partial charge in [-0.1, -0.05) is 23.8 Å². The fourth-order valence-corrected chi connectivity index (χ4v) is 4.75. The molecule has 0 saturated carbocycles. The number of nitrogens with zero attached hydrogens (tertiary/aromatic N) is 1. The van der Waals surface area contributed by atoms with Crippen LogP contribution >= 0.6 is 0 Å². The summed E-state index contributed by atoms with van der Waals surface area (Å²) in [5.41, 5.74) is 5.55. The van der Waals surface area contributed by atoms with Crippen molar-refractivity contribution in [3.05, 3.63) is 52.6 Å². The number of aryl methyl sites for hydroxylation is 3. The quantitative estimate of drug-likeness (QED) is 0.779. The summed E-state index contributed by atoms with van der Waals surface area (Å²) in [6.45, 7) is 10.5. The van der Waals surface area contributed by atoms with Crippen molar-refractivity contribution in [3.63, 3.8) is 0 Å². The standard InChI is InChI=1S/C25H32N2O3/c1-16-13-17(2)24(18(3)14-16)26-25(28)19(4)27-10-5-7-21(27)20-8-9-22-23(15-20)30-12-6-11-29-22/h8-9,13-15,19,21H,5-7,10-12H2,1-4H3,(H,26,28)/t19-,21-/m1/s1. The molecule has 0 radical (unpaired) electrons. The van der Waals surface area contributed by atoms with Crippen molar-refractivity contribution in [2.75, 3.05) is 25.1 Å². The van der Waals surface area contributed by atoms with Crippen LogP contribution in [-0.4, -0.2) is 36.6 Å². The lowest BCUT2D eigenvalue weighted by molar-refractivity contribution is -0.121. The van der Waals surface area contributed by atoms with Crippen LogP contribution in [0.2, 0.25) is 0 Å². The van der Waals surface area contributed by atoms with Crippen LogP contribution in [0.5, 0.6) is 11.5 Å². The Hall–Kier alpha value is -2.53. The summed E-state index contributed by atoms with van der Waals surface area (Å²) in [6, 6.07) is 10.5. The number of rotatable bonds is 4. The monoisotopic (exact) mass is 408 g/mol. The fourth-order valence-electron chi connectivity index (χ4n) is 4.75. The van der Waals surface area contributed by atoms with Gasteiger partial charge in [0.25, 0.3) is 0 Å². The summed E-state index contributed by atoms with van der Waals surface area (Å²) < 4.78 is 11.7. The molecule has 0 bridgehead atoms. The van der Waals surface area contributed by atoms with Crippen LogP contribution in [0.25, 0.3) is 0 Å². The third-order valence-corrected chi connectivity index (χ3v) is 6.25. The number of benzene rings is 2. The van der Waals surface area contributed by atoms with Gasteiger partial charge < -0.3 is 14.8 Å². The highest BCUT2D eigenvalue weighted by molar-refractivity contribution is 5.96. The third-order valence-electron chi connectivity index (χ3n) is 6.25. The molecule has 4 rings (SSSR count). The Morgan fingerprint density at radius 2 is 1.73 bits per heavy atom. The van der Waals surface area contributed by atoms with E-state index in [1.807, 2.05) is 13.0 Å². The normalized spacial score (nSPS) is 19.9. The van der Waals surface area contributed by atoms with E-state index in [9.17, 15) is 4.79 Å². The first-order chi connectivity index (χ1) is 14.4. The lowest BCUT2D eigenvalue weighted by Gasteiger charge is -2.30. The van der Waals surface area contributed by atoms with E-state index >= 15 is 0 Å². The first-order valence-corrected chi connectivity index (χ1v) is 11.0. The van der Waals surface area contributed by atoms with Crippen molar-refractivity contribution in [3.8, 4) is 11.5 Å². The Balaban J connectivity index is 1.52. The van der Waals surface area contributed by atoms with E-state index in [4.69, 9.17) is 9.47 Å². The lowest BCUT2D eigenvalue weighted by atomic mass is 10.0. The van der Waals surface area contributed by atoms with E-state index in [1.165, 1.54) is 11.1 Å². The maximum Gasteiger partial charge on any atom is 0.241 e. The predicted octanol–water partition coefficient (Wildman–Crippen LogP) is 4.94. The zero-order valence-electron chi connectivity index (χ0n) is 18.5. The maximum absolute atomic E-state index is 13.1. The van der Waals surface area contributed by atoms with Crippen molar-refractivity contribution in [1.82, 2.24) is 4.90 Å². The van der Waals surface area contributed by atoms with Gasteiger partial charge in [-0.15, -0.1) is 0 Å². The summed E-state index contributed by atoms with van der Waals surface area (Å²) in [5.74, 6) is 1.68. The molecule has 0 aliphatic carbocycles. The summed E-state index contributed by atoms with van der Waals surface area (Å²) in [5, 5.41) is 3.19. The molecule has 2 aliphatic rings. The van der Waals surface area contributed by atoms with Crippen LogP contribution in [0.15, 0.2) is 30.3 Å². The second-order valence-electron chi connectivity index (χ2n) is 8.59. The number of carbonyl (C=O) groups is 1. The summed E-state index contributed by atoms with van der Waals surface area (Å²) >= 11 is 0. The van der Waals surface area contributed by atoms with Crippen LogP contribution in [0, 0.1) is 20.8 Å². The molecule has 1 amide bonds. The van der Waals surface area contributed by atoms with Crippen molar-refractivity contribution in [2.24, 2.45) is 0 Å². The molecule has 0 spiro atoms. The number of carbonyl (C=O) groups excluding carboxylic acids is 1. The Labute approximate surface area is 179 Å². The summed E-state index contributed by atoms with van der Waals surface area (Å²) in [7, 11) is 0. The Morgan fingerprint density at radius 1 is 1.03 bits per heavy atom. The van der Waals surface area contributed by atoms with E-state index in [2.05, 4.69) is 55.3 Å². The molecule has 30 heavy (non-hydrogen) atoms. The van der Waals surface area contributed by atoms with Crippen molar-refractivity contribution >= 4 is 11.6 Å². The molecule has 2 atom stereocenters. The Bertz CT molecular complexity index is 917. The van der Waals surface area contributed by atoms with Gasteiger partial charge in [0.2, 0.25) is 5.91 Å². The molecule has 5 nitrogen and oxygen atoms in total. The van der Waals surface area contributed by atoms with Gasteiger partial charge in [0.15, 0.2) is 11.5 Å². The number of hydrogen-bond donors (Lipinski definition) is 1. The van der Waals surface area contributed by atoms with Crippen molar-refractivity contribution in [1.29, 1.82) is 0 Å². The maximum atomic E-state index is 13.1. The van der Waals surface area contributed by atoms with Gasteiger partial charge in [0.1, 0.15) is 0 Å². The topological polar surface area (TPSA) is 50.8 Å². The van der Waals surface area contributed by atoms with E-state index < -0.39 is 0 Å². The van der Waals surface area contributed by atoms with Crippen molar-refractivity contribution < 1.29 is 14.3 Å². The highest BCUT2D eigenvalue weighted by atomic mass is 16.5. The average Bonchev–Trinajstić information content (AvgIpc) is 3.08. The molecule has 2 aromatic rings. The highest BCUT2D eigenvalue weighted by Gasteiger charge is 2.33.